The van der Waals surface area contributed by atoms with Gasteiger partial charge in [-0.3, -0.25) is 4.79 Å². The first kappa shape index (κ1) is 11.8. The molecular formula is C11H12FIN2O. The summed E-state index contributed by atoms with van der Waals surface area (Å²) in [6.45, 7) is 0.426. The van der Waals surface area contributed by atoms with Crippen molar-refractivity contribution in [2.75, 3.05) is 6.54 Å². The minimum Gasteiger partial charge on any atom is -0.352 e. The Morgan fingerprint density at radius 1 is 1.56 bits per heavy atom. The molecule has 5 heteroatoms. The molecule has 1 aliphatic heterocycles. The molecule has 0 radical (unpaired) electrons. The van der Waals surface area contributed by atoms with Gasteiger partial charge < -0.3 is 11.1 Å². The third-order valence-electron chi connectivity index (χ3n) is 2.81. The molecule has 2 atom stereocenters. The summed E-state index contributed by atoms with van der Waals surface area (Å²) in [6.07, 6.45) is 0.648. The van der Waals surface area contributed by atoms with Gasteiger partial charge >= 0.3 is 0 Å². The van der Waals surface area contributed by atoms with Crippen LogP contribution in [0, 0.1) is 9.39 Å². The minimum absolute atomic E-state index is 0.0137. The predicted molar refractivity (Wildman–Crippen MR) is 67.5 cm³/mol. The fourth-order valence-electron chi connectivity index (χ4n) is 1.92. The largest absolute Gasteiger partial charge is 0.352 e. The van der Waals surface area contributed by atoms with Crippen molar-refractivity contribution in [2.45, 2.75) is 18.4 Å². The second kappa shape index (κ2) is 4.67. The van der Waals surface area contributed by atoms with Crippen LogP contribution in [0.4, 0.5) is 4.39 Å². The zero-order chi connectivity index (χ0) is 11.7. The highest BCUT2D eigenvalue weighted by Crippen LogP contribution is 2.28. The van der Waals surface area contributed by atoms with Crippen molar-refractivity contribution in [2.24, 2.45) is 5.73 Å². The molecule has 1 heterocycles. The third-order valence-corrected chi connectivity index (χ3v) is 3.69. The molecular weight excluding hydrogens is 322 g/mol. The van der Waals surface area contributed by atoms with E-state index in [2.05, 4.69) is 5.32 Å². The zero-order valence-electron chi connectivity index (χ0n) is 8.54. The van der Waals surface area contributed by atoms with Gasteiger partial charge in [-0.15, -0.1) is 0 Å². The number of nitrogens with one attached hydrogen (secondary N) is 1. The highest BCUT2D eigenvalue weighted by atomic mass is 127. The van der Waals surface area contributed by atoms with Crippen molar-refractivity contribution in [3.63, 3.8) is 0 Å². The Bertz CT molecular complexity index is 424. The van der Waals surface area contributed by atoms with Gasteiger partial charge in [-0.25, -0.2) is 4.39 Å². The van der Waals surface area contributed by atoms with Crippen LogP contribution in [0.5, 0.6) is 0 Å². The Labute approximate surface area is 107 Å². The number of amides is 1. The first-order valence-corrected chi connectivity index (χ1v) is 6.15. The van der Waals surface area contributed by atoms with E-state index in [1.54, 1.807) is 12.1 Å². The quantitative estimate of drug-likeness (QED) is 0.803. The van der Waals surface area contributed by atoms with Gasteiger partial charge in [-0.2, -0.15) is 0 Å². The summed E-state index contributed by atoms with van der Waals surface area (Å²) in [7, 11) is 0. The second-order valence-electron chi connectivity index (χ2n) is 3.90. The van der Waals surface area contributed by atoms with E-state index in [0.29, 0.717) is 16.5 Å². The standard InChI is InChI=1S/C11H12FIN2O/c12-9-3-6(1-2-10(9)13)8-4-7(5-14)15-11(8)16/h1-3,7-8H,4-5,14H2,(H,15,16)/t7-,8?/m0/s1. The van der Waals surface area contributed by atoms with Gasteiger partial charge in [0.2, 0.25) is 5.91 Å². The number of halogens is 2. The van der Waals surface area contributed by atoms with Crippen LogP contribution in [-0.4, -0.2) is 18.5 Å². The lowest BCUT2D eigenvalue weighted by molar-refractivity contribution is -0.120. The van der Waals surface area contributed by atoms with Gasteiger partial charge in [0.15, 0.2) is 0 Å². The van der Waals surface area contributed by atoms with Crippen molar-refractivity contribution < 1.29 is 9.18 Å². The van der Waals surface area contributed by atoms with Crippen LogP contribution in [0.1, 0.15) is 17.9 Å². The molecule has 86 valence electrons. The fourth-order valence-corrected chi connectivity index (χ4v) is 2.26. The van der Waals surface area contributed by atoms with Gasteiger partial charge in [0, 0.05) is 16.2 Å². The molecule has 2 rings (SSSR count). The highest BCUT2D eigenvalue weighted by Gasteiger charge is 2.32. The molecule has 3 N–H and O–H groups in total. The van der Waals surface area contributed by atoms with Crippen LogP contribution in [0.3, 0.4) is 0 Å². The smallest absolute Gasteiger partial charge is 0.227 e. The van der Waals surface area contributed by atoms with Crippen LogP contribution < -0.4 is 11.1 Å². The summed E-state index contributed by atoms with van der Waals surface area (Å²) in [5.74, 6) is -0.599. The summed E-state index contributed by atoms with van der Waals surface area (Å²) in [5.41, 5.74) is 6.23. The molecule has 0 aliphatic carbocycles. The molecule has 1 aliphatic rings. The summed E-state index contributed by atoms with van der Waals surface area (Å²) in [5, 5.41) is 2.80. The molecule has 0 saturated carbocycles. The topological polar surface area (TPSA) is 55.1 Å². The second-order valence-corrected chi connectivity index (χ2v) is 5.07. The number of nitrogens with two attached hydrogens (primary N) is 1. The molecule has 1 aromatic rings. The van der Waals surface area contributed by atoms with E-state index < -0.39 is 0 Å². The van der Waals surface area contributed by atoms with E-state index >= 15 is 0 Å². The van der Waals surface area contributed by atoms with Crippen molar-refractivity contribution in [3.05, 3.63) is 33.1 Å². The minimum atomic E-state index is -0.276. The van der Waals surface area contributed by atoms with Gasteiger partial charge in [-0.1, -0.05) is 6.07 Å². The molecule has 1 unspecified atom stereocenters. The van der Waals surface area contributed by atoms with E-state index in [4.69, 9.17) is 5.73 Å². The normalized spacial score (nSPS) is 24.6. The Morgan fingerprint density at radius 3 is 2.88 bits per heavy atom. The fraction of sp³-hybridized carbons (Fsp3) is 0.364. The van der Waals surface area contributed by atoms with Crippen molar-refractivity contribution >= 4 is 28.5 Å². The zero-order valence-corrected chi connectivity index (χ0v) is 10.7. The Morgan fingerprint density at radius 2 is 2.31 bits per heavy atom. The average molecular weight is 334 g/mol. The third kappa shape index (κ3) is 2.20. The van der Waals surface area contributed by atoms with E-state index in [-0.39, 0.29) is 23.7 Å². The molecule has 1 fully saturated rings. The van der Waals surface area contributed by atoms with E-state index in [1.165, 1.54) is 6.07 Å². The molecule has 16 heavy (non-hydrogen) atoms. The first-order valence-electron chi connectivity index (χ1n) is 5.07. The Balaban J connectivity index is 2.24. The lowest BCUT2D eigenvalue weighted by atomic mass is 9.96. The molecule has 0 bridgehead atoms. The number of carbonyl (C=O) groups excluding carboxylic acids is 1. The van der Waals surface area contributed by atoms with Gasteiger partial charge in [-0.05, 0) is 46.7 Å². The number of hydrogen-bond acceptors (Lipinski definition) is 2. The molecule has 3 nitrogen and oxygen atoms in total. The maximum atomic E-state index is 13.4. The van der Waals surface area contributed by atoms with Crippen molar-refractivity contribution in [3.8, 4) is 0 Å². The molecule has 1 aromatic carbocycles. The number of carbonyl (C=O) groups is 1. The average Bonchev–Trinajstić information content (AvgIpc) is 2.64. The first-order chi connectivity index (χ1) is 7.61. The summed E-state index contributed by atoms with van der Waals surface area (Å²) >= 11 is 1.93. The molecule has 1 saturated heterocycles. The van der Waals surface area contributed by atoms with E-state index in [0.717, 1.165) is 5.56 Å². The summed E-state index contributed by atoms with van der Waals surface area (Å²) in [4.78, 5) is 11.6. The molecule has 0 aromatic heterocycles. The maximum absolute atomic E-state index is 13.4. The Kier molecular flexibility index (Phi) is 3.44. The van der Waals surface area contributed by atoms with Gasteiger partial charge in [0.25, 0.3) is 0 Å². The van der Waals surface area contributed by atoms with Crippen molar-refractivity contribution in [1.82, 2.24) is 5.32 Å². The highest BCUT2D eigenvalue weighted by molar-refractivity contribution is 14.1. The van der Waals surface area contributed by atoms with Gasteiger partial charge in [0.1, 0.15) is 5.82 Å². The number of hydrogen-bond donors (Lipinski definition) is 2. The SMILES string of the molecule is NC[C@@H]1CC(c2ccc(I)c(F)c2)C(=O)N1. The maximum Gasteiger partial charge on any atom is 0.227 e. The lowest BCUT2D eigenvalue weighted by Crippen LogP contribution is -2.32. The molecule has 1 amide bonds. The monoisotopic (exact) mass is 334 g/mol. The van der Waals surface area contributed by atoms with Crippen molar-refractivity contribution in [1.29, 1.82) is 0 Å². The van der Waals surface area contributed by atoms with Gasteiger partial charge in [0.05, 0.1) is 5.92 Å². The van der Waals surface area contributed by atoms with Crippen LogP contribution in [0.25, 0.3) is 0 Å². The lowest BCUT2D eigenvalue weighted by Gasteiger charge is -2.08. The van der Waals surface area contributed by atoms with Crippen LogP contribution in [0.2, 0.25) is 0 Å². The number of rotatable bonds is 2. The number of benzene rings is 1. The summed E-state index contributed by atoms with van der Waals surface area (Å²) in [6, 6.07) is 4.94. The van der Waals surface area contributed by atoms with Crippen LogP contribution >= 0.6 is 22.6 Å². The van der Waals surface area contributed by atoms with Crippen LogP contribution in [-0.2, 0) is 4.79 Å². The molecule has 0 spiro atoms. The van der Waals surface area contributed by atoms with E-state index in [1.807, 2.05) is 22.6 Å². The van der Waals surface area contributed by atoms with E-state index in [9.17, 15) is 9.18 Å². The van der Waals surface area contributed by atoms with Crippen LogP contribution in [0.15, 0.2) is 18.2 Å². The predicted octanol–water partition coefficient (Wildman–Crippen LogP) is 1.36. The summed E-state index contributed by atoms with van der Waals surface area (Å²) < 4.78 is 13.9. The Hall–Kier alpha value is -0.690.